The standard InChI is InChI=1S/C19H13BrN4OS/c20-14-9-4-5-10-15(14)21-19(25)17-22-18(16-11-6-12-26-16)24(23-17)13-7-2-1-3-8-13/h1-12H,(H,21,25). The van der Waals surface area contributed by atoms with Crippen LogP contribution in [0, 0.1) is 0 Å². The summed E-state index contributed by atoms with van der Waals surface area (Å²) in [5.41, 5.74) is 1.52. The molecule has 0 saturated carbocycles. The van der Waals surface area contributed by atoms with E-state index in [-0.39, 0.29) is 11.7 Å². The van der Waals surface area contributed by atoms with Gasteiger partial charge in [0.25, 0.3) is 5.91 Å². The van der Waals surface area contributed by atoms with Gasteiger partial charge in [-0.3, -0.25) is 4.79 Å². The lowest BCUT2D eigenvalue weighted by atomic mass is 10.3. The maximum Gasteiger partial charge on any atom is 0.295 e. The van der Waals surface area contributed by atoms with E-state index in [1.807, 2.05) is 72.1 Å². The molecular formula is C19H13BrN4OS. The van der Waals surface area contributed by atoms with Gasteiger partial charge in [0, 0.05) is 4.47 Å². The predicted molar refractivity (Wildman–Crippen MR) is 107 cm³/mol. The van der Waals surface area contributed by atoms with Crippen LogP contribution in [0.15, 0.2) is 76.6 Å². The number of benzene rings is 2. The van der Waals surface area contributed by atoms with Gasteiger partial charge >= 0.3 is 0 Å². The predicted octanol–water partition coefficient (Wildman–Crippen LogP) is 5.01. The number of para-hydroxylation sites is 2. The number of carbonyl (C=O) groups excluding carboxylic acids is 1. The van der Waals surface area contributed by atoms with E-state index in [1.54, 1.807) is 16.0 Å². The lowest BCUT2D eigenvalue weighted by Crippen LogP contribution is -2.14. The fourth-order valence-electron chi connectivity index (χ4n) is 2.46. The summed E-state index contributed by atoms with van der Waals surface area (Å²) in [5.74, 6) is 0.404. The SMILES string of the molecule is O=C(Nc1ccccc1Br)c1nc(-c2cccs2)n(-c2ccccc2)n1. The number of halogens is 1. The monoisotopic (exact) mass is 424 g/mol. The van der Waals surface area contributed by atoms with E-state index < -0.39 is 0 Å². The van der Waals surface area contributed by atoms with E-state index in [1.165, 1.54) is 0 Å². The number of nitrogens with zero attached hydrogens (tertiary/aromatic N) is 3. The van der Waals surface area contributed by atoms with Crippen molar-refractivity contribution in [2.24, 2.45) is 0 Å². The minimum absolute atomic E-state index is 0.119. The smallest absolute Gasteiger partial charge is 0.295 e. The fourth-order valence-corrected chi connectivity index (χ4v) is 3.55. The van der Waals surface area contributed by atoms with Crippen molar-refractivity contribution in [2.45, 2.75) is 0 Å². The Morgan fingerprint density at radius 2 is 1.77 bits per heavy atom. The van der Waals surface area contributed by atoms with Crippen LogP contribution in [0.3, 0.4) is 0 Å². The van der Waals surface area contributed by atoms with E-state index >= 15 is 0 Å². The highest BCUT2D eigenvalue weighted by Crippen LogP contribution is 2.26. The van der Waals surface area contributed by atoms with Crippen molar-refractivity contribution in [1.82, 2.24) is 14.8 Å². The zero-order valence-electron chi connectivity index (χ0n) is 13.5. The van der Waals surface area contributed by atoms with Crippen LogP contribution in [0.5, 0.6) is 0 Å². The van der Waals surface area contributed by atoms with E-state index in [2.05, 4.69) is 31.3 Å². The molecule has 0 bridgehead atoms. The summed E-state index contributed by atoms with van der Waals surface area (Å²) in [4.78, 5) is 18.1. The van der Waals surface area contributed by atoms with E-state index in [4.69, 9.17) is 0 Å². The average molecular weight is 425 g/mol. The van der Waals surface area contributed by atoms with Gasteiger partial charge in [-0.1, -0.05) is 36.4 Å². The molecule has 128 valence electrons. The number of thiophene rings is 1. The maximum atomic E-state index is 12.7. The molecular weight excluding hydrogens is 412 g/mol. The van der Waals surface area contributed by atoms with Crippen molar-refractivity contribution >= 4 is 38.9 Å². The third-order valence-corrected chi connectivity index (χ3v) is 5.23. The van der Waals surface area contributed by atoms with E-state index in [9.17, 15) is 4.79 Å². The molecule has 4 aromatic rings. The van der Waals surface area contributed by atoms with Gasteiger partial charge in [-0.2, -0.15) is 0 Å². The highest BCUT2D eigenvalue weighted by atomic mass is 79.9. The third kappa shape index (κ3) is 3.31. The Balaban J connectivity index is 1.74. The molecule has 4 rings (SSSR count). The second kappa shape index (κ2) is 7.23. The molecule has 0 saturated heterocycles. The van der Waals surface area contributed by atoms with Crippen LogP contribution in [0.25, 0.3) is 16.4 Å². The van der Waals surface area contributed by atoms with Crippen LogP contribution in [0.1, 0.15) is 10.6 Å². The second-order valence-corrected chi connectivity index (χ2v) is 7.22. The lowest BCUT2D eigenvalue weighted by Gasteiger charge is -2.04. The summed E-state index contributed by atoms with van der Waals surface area (Å²) in [6.07, 6.45) is 0. The molecule has 0 aliphatic rings. The minimum Gasteiger partial charge on any atom is -0.318 e. The Labute approximate surface area is 162 Å². The first-order chi connectivity index (χ1) is 12.7. The summed E-state index contributed by atoms with van der Waals surface area (Å²) in [7, 11) is 0. The van der Waals surface area contributed by atoms with Crippen molar-refractivity contribution in [3.05, 3.63) is 82.4 Å². The Bertz CT molecular complexity index is 1040. The van der Waals surface area contributed by atoms with Gasteiger partial charge in [0.1, 0.15) is 0 Å². The molecule has 0 radical (unpaired) electrons. The van der Waals surface area contributed by atoms with Gasteiger partial charge in [-0.15, -0.1) is 16.4 Å². The number of hydrogen-bond donors (Lipinski definition) is 1. The highest BCUT2D eigenvalue weighted by Gasteiger charge is 2.19. The van der Waals surface area contributed by atoms with Crippen molar-refractivity contribution < 1.29 is 4.79 Å². The molecule has 26 heavy (non-hydrogen) atoms. The fraction of sp³-hybridized carbons (Fsp3) is 0. The number of aromatic nitrogens is 3. The van der Waals surface area contributed by atoms with Crippen LogP contribution in [-0.4, -0.2) is 20.7 Å². The number of amides is 1. The van der Waals surface area contributed by atoms with Gasteiger partial charge in [-0.25, -0.2) is 9.67 Å². The Morgan fingerprint density at radius 3 is 2.50 bits per heavy atom. The van der Waals surface area contributed by atoms with Crippen LogP contribution < -0.4 is 5.32 Å². The van der Waals surface area contributed by atoms with Crippen molar-refractivity contribution in [3.63, 3.8) is 0 Å². The zero-order valence-corrected chi connectivity index (χ0v) is 15.9. The quantitative estimate of drug-likeness (QED) is 0.500. The topological polar surface area (TPSA) is 59.8 Å². The molecule has 0 aliphatic heterocycles. The molecule has 2 aromatic carbocycles. The normalized spacial score (nSPS) is 10.7. The summed E-state index contributed by atoms with van der Waals surface area (Å²) in [6.45, 7) is 0. The summed E-state index contributed by atoms with van der Waals surface area (Å²) >= 11 is 4.98. The number of anilines is 1. The number of rotatable bonds is 4. The molecule has 2 aromatic heterocycles. The average Bonchev–Trinajstić information content (AvgIpc) is 3.34. The summed E-state index contributed by atoms with van der Waals surface area (Å²) in [5, 5.41) is 9.26. The second-order valence-electron chi connectivity index (χ2n) is 5.42. The Kier molecular flexibility index (Phi) is 4.64. The first kappa shape index (κ1) is 16.7. The van der Waals surface area contributed by atoms with Crippen LogP contribution in [-0.2, 0) is 0 Å². The summed E-state index contributed by atoms with van der Waals surface area (Å²) < 4.78 is 2.50. The van der Waals surface area contributed by atoms with Crippen LogP contribution in [0.2, 0.25) is 0 Å². The summed E-state index contributed by atoms with van der Waals surface area (Å²) in [6, 6.07) is 21.0. The molecule has 0 unspecified atom stereocenters. The largest absolute Gasteiger partial charge is 0.318 e. The molecule has 2 heterocycles. The Morgan fingerprint density at radius 1 is 1.00 bits per heavy atom. The zero-order chi connectivity index (χ0) is 17.9. The first-order valence-electron chi connectivity index (χ1n) is 7.84. The van der Waals surface area contributed by atoms with Crippen molar-refractivity contribution in [1.29, 1.82) is 0 Å². The highest BCUT2D eigenvalue weighted by molar-refractivity contribution is 9.10. The van der Waals surface area contributed by atoms with Gasteiger partial charge in [0.05, 0.1) is 16.3 Å². The molecule has 1 amide bonds. The van der Waals surface area contributed by atoms with Gasteiger partial charge < -0.3 is 5.32 Å². The molecule has 0 spiro atoms. The number of hydrogen-bond acceptors (Lipinski definition) is 4. The van der Waals surface area contributed by atoms with Crippen LogP contribution >= 0.6 is 27.3 Å². The molecule has 1 N–H and O–H groups in total. The van der Waals surface area contributed by atoms with E-state index in [0.29, 0.717) is 11.5 Å². The van der Waals surface area contributed by atoms with Crippen molar-refractivity contribution in [3.8, 4) is 16.4 Å². The number of nitrogens with one attached hydrogen (secondary N) is 1. The molecule has 5 nitrogen and oxygen atoms in total. The van der Waals surface area contributed by atoms with Gasteiger partial charge in [0.2, 0.25) is 5.82 Å². The lowest BCUT2D eigenvalue weighted by molar-refractivity contribution is 0.101. The van der Waals surface area contributed by atoms with Crippen molar-refractivity contribution in [2.75, 3.05) is 5.32 Å². The van der Waals surface area contributed by atoms with Gasteiger partial charge in [0.15, 0.2) is 5.82 Å². The molecule has 0 fully saturated rings. The van der Waals surface area contributed by atoms with E-state index in [0.717, 1.165) is 15.0 Å². The Hall–Kier alpha value is -2.77. The molecule has 7 heteroatoms. The van der Waals surface area contributed by atoms with Crippen LogP contribution in [0.4, 0.5) is 5.69 Å². The maximum absolute atomic E-state index is 12.7. The third-order valence-electron chi connectivity index (χ3n) is 3.67. The number of carbonyl (C=O) groups is 1. The minimum atomic E-state index is -0.357. The van der Waals surface area contributed by atoms with Gasteiger partial charge in [-0.05, 0) is 51.6 Å². The molecule has 0 atom stereocenters. The first-order valence-corrected chi connectivity index (χ1v) is 9.52. The molecule has 0 aliphatic carbocycles.